The van der Waals surface area contributed by atoms with E-state index >= 15 is 0 Å². The highest BCUT2D eigenvalue weighted by Crippen LogP contribution is 2.19. The van der Waals surface area contributed by atoms with Crippen LogP contribution < -0.4 is 5.32 Å². The number of methoxy groups -OCH3 is 1. The molecule has 2 aromatic rings. The van der Waals surface area contributed by atoms with Crippen LogP contribution in [0, 0.1) is 0 Å². The van der Waals surface area contributed by atoms with Crippen molar-refractivity contribution in [3.05, 3.63) is 71.8 Å². The molecule has 2 atom stereocenters. The Bertz CT molecular complexity index is 554. The van der Waals surface area contributed by atoms with Gasteiger partial charge in [-0.25, -0.2) is 0 Å². The van der Waals surface area contributed by atoms with Gasteiger partial charge in [-0.1, -0.05) is 60.7 Å². The normalized spacial score (nSPS) is 13.4. The third-order valence-corrected chi connectivity index (χ3v) is 3.49. The van der Waals surface area contributed by atoms with Crippen LogP contribution in [0.15, 0.2) is 60.7 Å². The second-order valence-electron chi connectivity index (χ2n) is 5.06. The Morgan fingerprint density at radius 2 is 1.62 bits per heavy atom. The molecule has 2 unspecified atom stereocenters. The Labute approximate surface area is 126 Å². The standard InChI is InChI=1S/C18H21NO2/c1-14(18(20)21-2)19-17(16-11-7-4-8-12-16)13-15-9-5-3-6-10-15/h3-12,14,17,19H,13H2,1-2H3. The van der Waals surface area contributed by atoms with Crippen LogP contribution in [-0.4, -0.2) is 19.1 Å². The lowest BCUT2D eigenvalue weighted by Crippen LogP contribution is -2.38. The van der Waals surface area contributed by atoms with E-state index in [4.69, 9.17) is 4.74 Å². The summed E-state index contributed by atoms with van der Waals surface area (Å²) in [6.45, 7) is 1.83. The first-order valence-corrected chi connectivity index (χ1v) is 7.13. The molecule has 110 valence electrons. The van der Waals surface area contributed by atoms with Crippen molar-refractivity contribution in [2.75, 3.05) is 7.11 Å². The van der Waals surface area contributed by atoms with Crippen LogP contribution in [0.4, 0.5) is 0 Å². The van der Waals surface area contributed by atoms with Crippen molar-refractivity contribution < 1.29 is 9.53 Å². The third-order valence-electron chi connectivity index (χ3n) is 3.49. The zero-order chi connectivity index (χ0) is 15.1. The van der Waals surface area contributed by atoms with E-state index in [-0.39, 0.29) is 18.1 Å². The molecule has 2 rings (SSSR count). The second kappa shape index (κ2) is 7.60. The van der Waals surface area contributed by atoms with Gasteiger partial charge >= 0.3 is 5.97 Å². The summed E-state index contributed by atoms with van der Waals surface area (Å²) < 4.78 is 4.80. The van der Waals surface area contributed by atoms with Gasteiger partial charge in [0.15, 0.2) is 0 Å². The van der Waals surface area contributed by atoms with Crippen LogP contribution in [0.5, 0.6) is 0 Å². The molecule has 0 amide bonds. The van der Waals surface area contributed by atoms with Crippen LogP contribution in [0.3, 0.4) is 0 Å². The maximum Gasteiger partial charge on any atom is 0.322 e. The summed E-state index contributed by atoms with van der Waals surface area (Å²) in [6, 6.07) is 20.2. The first-order valence-electron chi connectivity index (χ1n) is 7.13. The van der Waals surface area contributed by atoms with Gasteiger partial charge in [-0.3, -0.25) is 10.1 Å². The molecule has 0 aliphatic rings. The van der Waals surface area contributed by atoms with Crippen molar-refractivity contribution in [3.8, 4) is 0 Å². The van der Waals surface area contributed by atoms with Gasteiger partial charge in [0.2, 0.25) is 0 Å². The van der Waals surface area contributed by atoms with E-state index in [0.29, 0.717) is 0 Å². The minimum absolute atomic E-state index is 0.0719. The van der Waals surface area contributed by atoms with E-state index in [1.54, 1.807) is 0 Å². The van der Waals surface area contributed by atoms with Crippen molar-refractivity contribution in [2.24, 2.45) is 0 Å². The monoisotopic (exact) mass is 283 g/mol. The van der Waals surface area contributed by atoms with E-state index in [1.807, 2.05) is 43.3 Å². The van der Waals surface area contributed by atoms with Crippen molar-refractivity contribution in [2.45, 2.75) is 25.4 Å². The molecule has 0 aromatic heterocycles. The van der Waals surface area contributed by atoms with Gasteiger partial charge in [0.05, 0.1) is 7.11 Å². The molecule has 0 fully saturated rings. The van der Waals surface area contributed by atoms with Crippen LogP contribution in [0.1, 0.15) is 24.1 Å². The van der Waals surface area contributed by atoms with Crippen LogP contribution in [0.25, 0.3) is 0 Å². The average molecular weight is 283 g/mol. The van der Waals surface area contributed by atoms with Gasteiger partial charge in [0.1, 0.15) is 6.04 Å². The van der Waals surface area contributed by atoms with Crippen molar-refractivity contribution in [1.82, 2.24) is 5.32 Å². The molecule has 3 nitrogen and oxygen atoms in total. The molecular weight excluding hydrogens is 262 g/mol. The van der Waals surface area contributed by atoms with E-state index in [9.17, 15) is 4.79 Å². The maximum absolute atomic E-state index is 11.6. The van der Waals surface area contributed by atoms with Gasteiger partial charge < -0.3 is 4.74 Å². The summed E-state index contributed by atoms with van der Waals surface area (Å²) in [5.41, 5.74) is 2.40. The van der Waals surface area contributed by atoms with Gasteiger partial charge in [0, 0.05) is 6.04 Å². The van der Waals surface area contributed by atoms with E-state index in [1.165, 1.54) is 12.7 Å². The molecule has 3 heteroatoms. The molecular formula is C18H21NO2. The molecule has 0 radical (unpaired) electrons. The number of carbonyl (C=O) groups is 1. The number of rotatable bonds is 6. The SMILES string of the molecule is COC(=O)C(C)NC(Cc1ccccc1)c1ccccc1. The molecule has 0 saturated carbocycles. The Morgan fingerprint density at radius 1 is 1.05 bits per heavy atom. The minimum atomic E-state index is -0.344. The number of hydrogen-bond acceptors (Lipinski definition) is 3. The topological polar surface area (TPSA) is 38.3 Å². The highest BCUT2D eigenvalue weighted by molar-refractivity contribution is 5.75. The molecule has 0 aliphatic carbocycles. The van der Waals surface area contributed by atoms with Crippen LogP contribution >= 0.6 is 0 Å². The van der Waals surface area contributed by atoms with Crippen molar-refractivity contribution in [3.63, 3.8) is 0 Å². The fourth-order valence-electron chi connectivity index (χ4n) is 2.35. The summed E-state index contributed by atoms with van der Waals surface area (Å²) in [6.07, 6.45) is 0.826. The number of nitrogens with one attached hydrogen (secondary N) is 1. The quantitative estimate of drug-likeness (QED) is 0.828. The predicted molar refractivity (Wildman–Crippen MR) is 83.9 cm³/mol. The zero-order valence-corrected chi connectivity index (χ0v) is 12.5. The molecule has 21 heavy (non-hydrogen) atoms. The largest absolute Gasteiger partial charge is 0.468 e. The molecule has 1 N–H and O–H groups in total. The number of ether oxygens (including phenoxy) is 1. The molecule has 0 bridgehead atoms. The molecule has 0 aliphatic heterocycles. The zero-order valence-electron chi connectivity index (χ0n) is 12.5. The smallest absolute Gasteiger partial charge is 0.322 e. The summed E-state index contributed by atoms with van der Waals surface area (Å²) in [5.74, 6) is -0.246. The summed E-state index contributed by atoms with van der Waals surface area (Å²) in [4.78, 5) is 11.6. The lowest BCUT2D eigenvalue weighted by Gasteiger charge is -2.22. The number of carbonyl (C=O) groups excluding carboxylic acids is 1. The van der Waals surface area contributed by atoms with E-state index in [0.717, 1.165) is 12.0 Å². The summed E-state index contributed by atoms with van der Waals surface area (Å²) >= 11 is 0. The van der Waals surface area contributed by atoms with Gasteiger partial charge in [-0.05, 0) is 24.5 Å². The van der Waals surface area contributed by atoms with E-state index in [2.05, 4.69) is 29.6 Å². The Morgan fingerprint density at radius 3 is 2.19 bits per heavy atom. The lowest BCUT2D eigenvalue weighted by atomic mass is 9.98. The maximum atomic E-state index is 11.6. The van der Waals surface area contributed by atoms with Crippen molar-refractivity contribution in [1.29, 1.82) is 0 Å². The highest BCUT2D eigenvalue weighted by atomic mass is 16.5. The van der Waals surface area contributed by atoms with Crippen LogP contribution in [-0.2, 0) is 16.0 Å². The fourth-order valence-corrected chi connectivity index (χ4v) is 2.35. The predicted octanol–water partition coefficient (Wildman–Crippen LogP) is 3.12. The first kappa shape index (κ1) is 15.3. The molecule has 0 heterocycles. The third kappa shape index (κ3) is 4.43. The second-order valence-corrected chi connectivity index (χ2v) is 5.06. The Hall–Kier alpha value is -2.13. The van der Waals surface area contributed by atoms with Gasteiger partial charge in [-0.2, -0.15) is 0 Å². The minimum Gasteiger partial charge on any atom is -0.468 e. The average Bonchev–Trinajstić information content (AvgIpc) is 2.55. The van der Waals surface area contributed by atoms with Gasteiger partial charge in [0.25, 0.3) is 0 Å². The number of hydrogen-bond donors (Lipinski definition) is 1. The molecule has 0 saturated heterocycles. The van der Waals surface area contributed by atoms with E-state index < -0.39 is 0 Å². The Balaban J connectivity index is 2.17. The summed E-state index contributed by atoms with van der Waals surface area (Å²) in [7, 11) is 1.41. The fraction of sp³-hybridized carbons (Fsp3) is 0.278. The summed E-state index contributed by atoms with van der Waals surface area (Å²) in [5, 5.41) is 3.36. The molecule has 2 aromatic carbocycles. The molecule has 0 spiro atoms. The number of benzene rings is 2. The van der Waals surface area contributed by atoms with Crippen molar-refractivity contribution >= 4 is 5.97 Å². The Kier molecular flexibility index (Phi) is 5.52. The van der Waals surface area contributed by atoms with Crippen LogP contribution in [0.2, 0.25) is 0 Å². The number of esters is 1. The first-order chi connectivity index (χ1) is 10.2. The van der Waals surface area contributed by atoms with Gasteiger partial charge in [-0.15, -0.1) is 0 Å². The lowest BCUT2D eigenvalue weighted by molar-refractivity contribution is -0.142. The highest BCUT2D eigenvalue weighted by Gasteiger charge is 2.19.